The molecule has 2 N–H and O–H groups in total. The van der Waals surface area contributed by atoms with Gasteiger partial charge in [0.05, 0.1) is 110 Å². The molecule has 478 valence electrons. The number of benzene rings is 3. The molecule has 0 aliphatic carbocycles. The van der Waals surface area contributed by atoms with Gasteiger partial charge < -0.3 is 72.5 Å². The average molecular weight is 1260 g/mol. The van der Waals surface area contributed by atoms with Crippen LogP contribution in [0.5, 0.6) is 11.5 Å². The highest BCUT2D eigenvalue weighted by Gasteiger charge is 2.40. The molecular weight excluding hydrogens is 1170 g/mol. The van der Waals surface area contributed by atoms with E-state index in [0.717, 1.165) is 0 Å². The fourth-order valence-corrected chi connectivity index (χ4v) is 10.4. The molecule has 25 heteroatoms. The number of methoxy groups -OCH3 is 1. The van der Waals surface area contributed by atoms with Crippen LogP contribution in [0.2, 0.25) is 10.0 Å². The van der Waals surface area contributed by atoms with Crippen LogP contribution in [0, 0.1) is 0 Å². The third-order valence-electron chi connectivity index (χ3n) is 13.8. The molecule has 4 amide bonds. The van der Waals surface area contributed by atoms with E-state index in [-0.39, 0.29) is 87.5 Å². The second kappa shape index (κ2) is 33.1. The SMILES string of the molecule is COc1cc2c(cc1-c1cccc(NC(=O)CCC(=O)N(CCOCCOCCOCCOCCOCCC(=O)OC(C)(C)C)C3CCN(C(=O)OC(C)(C)C)CC3)c1)-c1c(c(C(=O)N3CCOCC3(C)C)nn1-c1cc(Cl)cc(Cl)c1)CO2.O=CO. The molecule has 0 atom stereocenters. The zero-order valence-corrected chi connectivity index (χ0v) is 52.9. The molecule has 0 unspecified atom stereocenters. The molecule has 0 bridgehead atoms. The molecule has 4 heterocycles. The van der Waals surface area contributed by atoms with Crippen LogP contribution in [0.15, 0.2) is 54.6 Å². The van der Waals surface area contributed by atoms with Crippen molar-refractivity contribution in [1.29, 1.82) is 0 Å². The Morgan fingerprint density at radius 2 is 1.37 bits per heavy atom. The van der Waals surface area contributed by atoms with Gasteiger partial charge in [0.15, 0.2) is 5.69 Å². The number of halogens is 2. The molecular formula is C62H84Cl2N6O17. The lowest BCUT2D eigenvalue weighted by molar-refractivity contribution is -0.156. The van der Waals surface area contributed by atoms with Gasteiger partial charge in [-0.15, -0.1) is 0 Å². The maximum Gasteiger partial charge on any atom is 0.410 e. The van der Waals surface area contributed by atoms with Crippen LogP contribution in [0.1, 0.15) is 104 Å². The minimum absolute atomic E-state index is 0.0567. The van der Waals surface area contributed by atoms with Gasteiger partial charge in [0.2, 0.25) is 11.8 Å². The molecule has 0 radical (unpaired) electrons. The van der Waals surface area contributed by atoms with Crippen LogP contribution < -0.4 is 14.8 Å². The number of aromatic nitrogens is 2. The van der Waals surface area contributed by atoms with Gasteiger partial charge >= 0.3 is 12.1 Å². The summed E-state index contributed by atoms with van der Waals surface area (Å²) in [4.78, 5) is 80.6. The molecule has 0 saturated carbocycles. The Labute approximate surface area is 518 Å². The molecule has 3 aliphatic rings. The molecule has 87 heavy (non-hydrogen) atoms. The standard InChI is InChI=1S/C61H82Cl2N6O15.CH2O2/c1-59(2,3)83-54(72)17-22-76-25-27-78-29-31-80-32-30-79-28-26-77-23-20-67(45-15-18-66(19-16-45)58(74)84-60(4,5)6)53(71)14-13-52(70)64-44-12-10-11-41(33-44)47-37-48-51(38-50(47)75-9)82-39-49-55(57(73)68-21-24-81-40-61(68,7)8)65-69(56(48)49)46-35-42(62)34-43(63)36-46;2-1-3/h10-12,33-38,45H,13-32,39-40H2,1-9H3,(H,64,70);1H,(H,2,3). The van der Waals surface area contributed by atoms with E-state index in [0.29, 0.717) is 159 Å². The zero-order valence-electron chi connectivity index (χ0n) is 51.4. The summed E-state index contributed by atoms with van der Waals surface area (Å²) in [7, 11) is 1.56. The molecule has 2 fully saturated rings. The topological polar surface area (TPSA) is 255 Å². The summed E-state index contributed by atoms with van der Waals surface area (Å²) in [6, 6.07) is 15.9. The zero-order chi connectivity index (χ0) is 63.3. The first-order valence-electron chi connectivity index (χ1n) is 29.1. The van der Waals surface area contributed by atoms with Crippen LogP contribution >= 0.6 is 23.2 Å². The first-order valence-corrected chi connectivity index (χ1v) is 29.9. The molecule has 2 saturated heterocycles. The van der Waals surface area contributed by atoms with Crippen molar-refractivity contribution in [3.8, 4) is 39.6 Å². The van der Waals surface area contributed by atoms with Gasteiger partial charge in [0.25, 0.3) is 12.4 Å². The van der Waals surface area contributed by atoms with E-state index < -0.39 is 22.8 Å². The highest BCUT2D eigenvalue weighted by molar-refractivity contribution is 6.34. The summed E-state index contributed by atoms with van der Waals surface area (Å²) >= 11 is 13.1. The second-order valence-corrected chi connectivity index (χ2v) is 24.2. The van der Waals surface area contributed by atoms with Crippen molar-refractivity contribution in [2.24, 2.45) is 0 Å². The predicted molar refractivity (Wildman–Crippen MR) is 325 cm³/mol. The number of morpholine rings is 1. The summed E-state index contributed by atoms with van der Waals surface area (Å²) in [6.07, 6.45) is 0.704. The third-order valence-corrected chi connectivity index (χ3v) is 14.3. The highest BCUT2D eigenvalue weighted by atomic mass is 35.5. The minimum atomic E-state index is -0.644. The minimum Gasteiger partial charge on any atom is -0.496 e. The van der Waals surface area contributed by atoms with E-state index in [2.05, 4.69) is 5.32 Å². The van der Waals surface area contributed by atoms with Crippen molar-refractivity contribution in [3.05, 3.63) is 75.9 Å². The van der Waals surface area contributed by atoms with Gasteiger partial charge in [-0.1, -0.05) is 35.3 Å². The highest BCUT2D eigenvalue weighted by Crippen LogP contribution is 2.47. The number of ether oxygens (including phenoxy) is 10. The maximum absolute atomic E-state index is 14.5. The number of piperidine rings is 1. The van der Waals surface area contributed by atoms with Crippen molar-refractivity contribution in [2.75, 3.05) is 118 Å². The van der Waals surface area contributed by atoms with E-state index in [4.69, 9.17) is 85.6 Å². The number of fused-ring (bicyclic) bond motifs is 3. The molecule has 23 nitrogen and oxygen atoms in total. The number of amides is 4. The predicted octanol–water partition coefficient (Wildman–Crippen LogP) is 9.13. The van der Waals surface area contributed by atoms with Gasteiger partial charge in [0, 0.05) is 83.6 Å². The van der Waals surface area contributed by atoms with Gasteiger partial charge in [0.1, 0.15) is 29.3 Å². The number of esters is 1. The lowest BCUT2D eigenvalue weighted by atomic mass is 9.95. The molecule has 3 aromatic carbocycles. The molecule has 4 aromatic rings. The van der Waals surface area contributed by atoms with E-state index in [1.165, 1.54) is 0 Å². The first-order chi connectivity index (χ1) is 41.4. The number of carboxylic acid groups (broad SMARTS) is 1. The Hall–Kier alpha value is -6.57. The van der Waals surface area contributed by atoms with E-state index in [1.807, 2.05) is 79.7 Å². The first kappa shape index (κ1) is 69.5. The fourth-order valence-electron chi connectivity index (χ4n) is 9.90. The Morgan fingerprint density at radius 3 is 1.95 bits per heavy atom. The van der Waals surface area contributed by atoms with Gasteiger partial charge in [-0.05, 0) is 110 Å². The van der Waals surface area contributed by atoms with Gasteiger partial charge in [-0.2, -0.15) is 5.10 Å². The van der Waals surface area contributed by atoms with Crippen LogP contribution in [0.4, 0.5) is 10.5 Å². The number of carbonyl (C=O) groups is 6. The van der Waals surface area contributed by atoms with Gasteiger partial charge in [-0.3, -0.25) is 24.0 Å². The lowest BCUT2D eigenvalue weighted by Crippen LogP contribution is -2.55. The quantitative estimate of drug-likeness (QED) is 0.0320. The lowest BCUT2D eigenvalue weighted by Gasteiger charge is -2.41. The molecule has 3 aliphatic heterocycles. The molecule has 7 rings (SSSR count). The summed E-state index contributed by atoms with van der Waals surface area (Å²) in [6.45, 7) is 20.3. The van der Waals surface area contributed by atoms with Crippen LogP contribution in [-0.4, -0.2) is 201 Å². The number of nitrogens with zero attached hydrogens (tertiary/aromatic N) is 5. The number of hydrogen-bond donors (Lipinski definition) is 2. The van der Waals surface area contributed by atoms with E-state index in [1.54, 1.807) is 56.8 Å². The number of likely N-dealkylation sites (tertiary alicyclic amines) is 1. The van der Waals surface area contributed by atoms with Crippen molar-refractivity contribution >= 4 is 65.1 Å². The second-order valence-electron chi connectivity index (χ2n) is 23.3. The maximum atomic E-state index is 14.5. The number of hydrogen-bond acceptors (Lipinski definition) is 17. The van der Waals surface area contributed by atoms with Crippen molar-refractivity contribution < 1.29 is 81.2 Å². The van der Waals surface area contributed by atoms with Crippen molar-refractivity contribution in [1.82, 2.24) is 24.5 Å². The molecule has 1 aromatic heterocycles. The number of carbonyl (C=O) groups excluding carboxylic acids is 5. The number of rotatable bonds is 27. The summed E-state index contributed by atoms with van der Waals surface area (Å²) in [5, 5.41) is 15.6. The normalized spacial score (nSPS) is 14.8. The number of nitrogens with one attached hydrogen (secondary N) is 1. The summed E-state index contributed by atoms with van der Waals surface area (Å²) in [5.74, 6) is -0.118. The number of anilines is 1. The van der Waals surface area contributed by atoms with E-state index >= 15 is 0 Å². The van der Waals surface area contributed by atoms with Gasteiger partial charge in [-0.25, -0.2) is 9.48 Å². The smallest absolute Gasteiger partial charge is 0.410 e. The third kappa shape index (κ3) is 21.3. The van der Waals surface area contributed by atoms with E-state index in [9.17, 15) is 24.0 Å². The van der Waals surface area contributed by atoms with Crippen molar-refractivity contribution in [2.45, 2.75) is 117 Å². The monoisotopic (exact) mass is 1250 g/mol. The summed E-state index contributed by atoms with van der Waals surface area (Å²) < 4.78 is 58.7. The van der Waals surface area contributed by atoms with Crippen LogP contribution in [-0.2, 0) is 63.7 Å². The largest absolute Gasteiger partial charge is 0.496 e. The summed E-state index contributed by atoms with van der Waals surface area (Å²) in [5.41, 5.74) is 2.75. The molecule has 0 spiro atoms. The fraction of sp³-hybridized carbons (Fsp3) is 0.565. The van der Waals surface area contributed by atoms with Crippen LogP contribution in [0.25, 0.3) is 28.1 Å². The van der Waals surface area contributed by atoms with Crippen LogP contribution in [0.3, 0.4) is 0 Å². The Bertz CT molecular complexity index is 2930. The average Bonchev–Trinajstić information content (AvgIpc) is 2.06. The Kier molecular flexibility index (Phi) is 26.5. The Morgan fingerprint density at radius 1 is 0.770 bits per heavy atom. The Balaban J connectivity index is 0.00000395. The van der Waals surface area contributed by atoms with Crippen molar-refractivity contribution in [3.63, 3.8) is 0 Å².